The summed E-state index contributed by atoms with van der Waals surface area (Å²) >= 11 is 0. The first kappa shape index (κ1) is 15.9. The van der Waals surface area contributed by atoms with Crippen LogP contribution in [0.1, 0.15) is 29.8 Å². The van der Waals surface area contributed by atoms with Crippen molar-refractivity contribution in [1.29, 1.82) is 0 Å². The fraction of sp³-hybridized carbons (Fsp3) is 0.222. The molecule has 3 aromatic rings. The van der Waals surface area contributed by atoms with Crippen molar-refractivity contribution < 1.29 is 9.53 Å². The lowest BCUT2D eigenvalue weighted by Gasteiger charge is -2.08. The van der Waals surface area contributed by atoms with Gasteiger partial charge in [0.15, 0.2) is 5.78 Å². The highest BCUT2D eigenvalue weighted by Gasteiger charge is 2.11. The summed E-state index contributed by atoms with van der Waals surface area (Å²) in [6.45, 7) is 4.71. The van der Waals surface area contributed by atoms with E-state index in [1.807, 2.05) is 0 Å². The lowest BCUT2D eigenvalue weighted by Crippen LogP contribution is -2.06. The van der Waals surface area contributed by atoms with Crippen LogP contribution in [0.15, 0.2) is 43.1 Å². The first-order valence-corrected chi connectivity index (χ1v) is 7.72. The van der Waals surface area contributed by atoms with Crippen LogP contribution in [0.5, 0.6) is 5.88 Å². The minimum Gasteiger partial charge on any atom is -0.477 e. The number of hydrogen-bond acceptors (Lipinski definition) is 5. The normalized spacial score (nSPS) is 11.5. The fourth-order valence-electron chi connectivity index (χ4n) is 2.21. The number of H-pyrrole nitrogens is 1. The molecule has 0 atom stereocenters. The Hall–Kier alpha value is -3.02. The van der Waals surface area contributed by atoms with Crippen molar-refractivity contribution >= 4 is 22.9 Å². The van der Waals surface area contributed by atoms with Crippen molar-refractivity contribution in [1.82, 2.24) is 19.9 Å². The Morgan fingerprint density at radius 1 is 1.38 bits per heavy atom. The number of ether oxygens (including phenoxy) is 1. The summed E-state index contributed by atoms with van der Waals surface area (Å²) < 4.78 is 5.77. The molecule has 3 heterocycles. The summed E-state index contributed by atoms with van der Waals surface area (Å²) in [5.41, 5.74) is 2.03. The largest absolute Gasteiger partial charge is 0.477 e. The predicted octanol–water partition coefficient (Wildman–Crippen LogP) is 3.28. The number of allylic oxidation sites excluding steroid dienone is 1. The van der Waals surface area contributed by atoms with Crippen LogP contribution in [-0.4, -0.2) is 32.3 Å². The topological polar surface area (TPSA) is 80.8 Å². The monoisotopic (exact) mass is 322 g/mol. The second-order valence-electron chi connectivity index (χ2n) is 5.79. The number of pyridine rings is 1. The second kappa shape index (κ2) is 7.04. The maximum absolute atomic E-state index is 12.2. The van der Waals surface area contributed by atoms with E-state index < -0.39 is 0 Å². The lowest BCUT2D eigenvalue weighted by molar-refractivity contribution is 0.104. The number of rotatable bonds is 6. The van der Waals surface area contributed by atoms with Gasteiger partial charge in [-0.25, -0.2) is 9.97 Å². The molecule has 0 aliphatic heterocycles. The Balaban J connectivity index is 1.89. The third-order valence-corrected chi connectivity index (χ3v) is 3.38. The van der Waals surface area contributed by atoms with E-state index >= 15 is 0 Å². The Bertz CT molecular complexity index is 869. The van der Waals surface area contributed by atoms with Gasteiger partial charge in [-0.3, -0.25) is 9.78 Å². The maximum atomic E-state index is 12.2. The third kappa shape index (κ3) is 3.48. The Morgan fingerprint density at radius 2 is 2.25 bits per heavy atom. The zero-order valence-electron chi connectivity index (χ0n) is 13.6. The number of carbonyl (C=O) groups is 1. The summed E-state index contributed by atoms with van der Waals surface area (Å²) in [4.78, 5) is 27.6. The van der Waals surface area contributed by atoms with Crippen molar-refractivity contribution in [2.45, 2.75) is 13.8 Å². The minimum atomic E-state index is -0.112. The van der Waals surface area contributed by atoms with Crippen LogP contribution in [0.3, 0.4) is 0 Å². The molecular formula is C18H18N4O2. The van der Waals surface area contributed by atoms with Gasteiger partial charge in [-0.1, -0.05) is 13.8 Å². The number of nitrogens with one attached hydrogen (secondary N) is 1. The number of carbonyl (C=O) groups excluding carboxylic acids is 1. The number of nitrogens with zero attached hydrogens (tertiary/aromatic N) is 3. The van der Waals surface area contributed by atoms with E-state index in [0.29, 0.717) is 29.6 Å². The highest BCUT2D eigenvalue weighted by atomic mass is 16.5. The molecule has 0 bridgehead atoms. The van der Waals surface area contributed by atoms with E-state index in [0.717, 1.165) is 10.9 Å². The summed E-state index contributed by atoms with van der Waals surface area (Å²) in [5, 5.41) is 0.772. The molecule has 0 aliphatic rings. The van der Waals surface area contributed by atoms with Crippen molar-refractivity contribution in [2.24, 2.45) is 5.92 Å². The standard InChI is InChI=1S/C18H18N4O2/c1-12(2)10-24-18-16-14(9-20-17(16)21-11-22-18)5-6-15(23)13-4-3-7-19-8-13/h3-9,11-12H,10H2,1-2H3,(H,20,21,22). The second-order valence-corrected chi connectivity index (χ2v) is 5.79. The molecular weight excluding hydrogens is 304 g/mol. The van der Waals surface area contributed by atoms with Crippen molar-refractivity contribution in [3.05, 3.63) is 54.3 Å². The van der Waals surface area contributed by atoms with E-state index in [-0.39, 0.29) is 5.78 Å². The molecule has 24 heavy (non-hydrogen) atoms. The molecule has 0 radical (unpaired) electrons. The van der Waals surface area contributed by atoms with E-state index in [9.17, 15) is 4.79 Å². The van der Waals surface area contributed by atoms with Gasteiger partial charge < -0.3 is 9.72 Å². The zero-order valence-corrected chi connectivity index (χ0v) is 13.6. The van der Waals surface area contributed by atoms with E-state index in [4.69, 9.17) is 4.74 Å². The van der Waals surface area contributed by atoms with Crippen LogP contribution in [0.4, 0.5) is 0 Å². The van der Waals surface area contributed by atoms with Crippen LogP contribution >= 0.6 is 0 Å². The first-order valence-electron chi connectivity index (χ1n) is 7.72. The van der Waals surface area contributed by atoms with Crippen molar-refractivity contribution in [3.8, 4) is 5.88 Å². The minimum absolute atomic E-state index is 0.112. The number of fused-ring (bicyclic) bond motifs is 1. The quantitative estimate of drug-likeness (QED) is 0.556. The summed E-state index contributed by atoms with van der Waals surface area (Å²) in [6.07, 6.45) is 9.67. The summed E-state index contributed by atoms with van der Waals surface area (Å²) in [6, 6.07) is 3.47. The van der Waals surface area contributed by atoms with Gasteiger partial charge in [0.05, 0.1) is 12.0 Å². The molecule has 0 spiro atoms. The molecule has 0 aromatic carbocycles. The molecule has 0 amide bonds. The number of aromatic amines is 1. The van der Waals surface area contributed by atoms with Gasteiger partial charge in [-0.2, -0.15) is 0 Å². The molecule has 0 aliphatic carbocycles. The van der Waals surface area contributed by atoms with Gasteiger partial charge in [0.1, 0.15) is 12.0 Å². The molecule has 1 N–H and O–H groups in total. The third-order valence-electron chi connectivity index (χ3n) is 3.38. The Labute approximate surface area is 139 Å². The number of ketones is 1. The predicted molar refractivity (Wildman–Crippen MR) is 91.8 cm³/mol. The highest BCUT2D eigenvalue weighted by Crippen LogP contribution is 2.26. The van der Waals surface area contributed by atoms with Crippen molar-refractivity contribution in [2.75, 3.05) is 6.61 Å². The zero-order chi connectivity index (χ0) is 16.9. The molecule has 6 nitrogen and oxygen atoms in total. The van der Waals surface area contributed by atoms with Crippen LogP contribution in [-0.2, 0) is 0 Å². The molecule has 6 heteroatoms. The summed E-state index contributed by atoms with van der Waals surface area (Å²) in [7, 11) is 0. The van der Waals surface area contributed by atoms with E-state index in [1.165, 1.54) is 12.4 Å². The number of hydrogen-bond donors (Lipinski definition) is 1. The summed E-state index contributed by atoms with van der Waals surface area (Å²) in [5.74, 6) is 0.794. The van der Waals surface area contributed by atoms with Gasteiger partial charge in [-0.05, 0) is 30.2 Å². The average molecular weight is 322 g/mol. The van der Waals surface area contributed by atoms with Crippen LogP contribution in [0, 0.1) is 5.92 Å². The Kier molecular flexibility index (Phi) is 4.65. The van der Waals surface area contributed by atoms with E-state index in [2.05, 4.69) is 33.8 Å². The average Bonchev–Trinajstić information content (AvgIpc) is 3.02. The number of aromatic nitrogens is 4. The molecule has 0 saturated carbocycles. The van der Waals surface area contributed by atoms with E-state index in [1.54, 1.807) is 36.8 Å². The van der Waals surface area contributed by atoms with Crippen LogP contribution in [0.2, 0.25) is 0 Å². The smallest absolute Gasteiger partial charge is 0.226 e. The molecule has 0 fully saturated rings. The molecule has 122 valence electrons. The van der Waals surface area contributed by atoms with Crippen LogP contribution < -0.4 is 4.74 Å². The fourth-order valence-corrected chi connectivity index (χ4v) is 2.21. The lowest BCUT2D eigenvalue weighted by atomic mass is 10.1. The van der Waals surface area contributed by atoms with Crippen LogP contribution in [0.25, 0.3) is 17.1 Å². The van der Waals surface area contributed by atoms with Gasteiger partial charge >= 0.3 is 0 Å². The Morgan fingerprint density at radius 3 is 3.00 bits per heavy atom. The molecule has 0 unspecified atom stereocenters. The highest BCUT2D eigenvalue weighted by molar-refractivity contribution is 6.07. The SMILES string of the molecule is CC(C)COc1ncnc2[nH]cc(C=CC(=O)c3cccnc3)c12. The van der Waals surface area contributed by atoms with Gasteiger partial charge in [0.2, 0.25) is 5.88 Å². The first-order chi connectivity index (χ1) is 11.6. The van der Waals surface area contributed by atoms with Gasteiger partial charge in [-0.15, -0.1) is 0 Å². The molecule has 3 aromatic heterocycles. The molecule has 0 saturated heterocycles. The molecule has 3 rings (SSSR count). The van der Waals surface area contributed by atoms with Crippen molar-refractivity contribution in [3.63, 3.8) is 0 Å². The van der Waals surface area contributed by atoms with Gasteiger partial charge in [0.25, 0.3) is 0 Å². The maximum Gasteiger partial charge on any atom is 0.226 e. The van der Waals surface area contributed by atoms with Gasteiger partial charge in [0, 0.05) is 29.7 Å².